The number of para-hydroxylation sites is 1. The SMILES string of the molecule is CNC(=S)N1CC(C)N(CC=C(C)C)Cc2ccccc21. The first kappa shape index (κ1) is 16.0. The highest BCUT2D eigenvalue weighted by molar-refractivity contribution is 7.80. The first-order valence-corrected chi connectivity index (χ1v) is 7.88. The molecule has 0 fully saturated rings. The van der Waals surface area contributed by atoms with Gasteiger partial charge in [0, 0.05) is 38.4 Å². The molecule has 1 unspecified atom stereocenters. The van der Waals surface area contributed by atoms with E-state index < -0.39 is 0 Å². The maximum Gasteiger partial charge on any atom is 0.173 e. The number of nitrogens with one attached hydrogen (secondary N) is 1. The van der Waals surface area contributed by atoms with Crippen LogP contribution in [0.3, 0.4) is 0 Å². The van der Waals surface area contributed by atoms with Crippen molar-refractivity contribution in [1.29, 1.82) is 0 Å². The van der Waals surface area contributed by atoms with Crippen LogP contribution in [-0.4, -0.2) is 36.2 Å². The quantitative estimate of drug-likeness (QED) is 0.668. The highest BCUT2D eigenvalue weighted by Crippen LogP contribution is 2.27. The van der Waals surface area contributed by atoms with E-state index in [1.165, 1.54) is 16.8 Å². The number of fused-ring (bicyclic) bond motifs is 1. The summed E-state index contributed by atoms with van der Waals surface area (Å²) in [7, 11) is 1.89. The van der Waals surface area contributed by atoms with Crippen molar-refractivity contribution in [2.24, 2.45) is 0 Å². The average molecular weight is 303 g/mol. The van der Waals surface area contributed by atoms with Crippen LogP contribution >= 0.6 is 12.2 Å². The maximum absolute atomic E-state index is 5.49. The van der Waals surface area contributed by atoms with Gasteiger partial charge in [0.2, 0.25) is 0 Å². The monoisotopic (exact) mass is 303 g/mol. The normalized spacial score (nSPS) is 18.7. The van der Waals surface area contributed by atoms with Gasteiger partial charge in [-0.05, 0) is 44.6 Å². The molecule has 3 nitrogen and oxygen atoms in total. The van der Waals surface area contributed by atoms with E-state index in [0.29, 0.717) is 6.04 Å². The third-order valence-corrected chi connectivity index (χ3v) is 4.34. The molecule has 1 aliphatic rings. The minimum absolute atomic E-state index is 0.444. The van der Waals surface area contributed by atoms with E-state index >= 15 is 0 Å². The number of benzene rings is 1. The van der Waals surface area contributed by atoms with Crippen molar-refractivity contribution in [3.05, 3.63) is 41.5 Å². The summed E-state index contributed by atoms with van der Waals surface area (Å²) in [5.41, 5.74) is 3.92. The lowest BCUT2D eigenvalue weighted by Crippen LogP contribution is -2.45. The van der Waals surface area contributed by atoms with E-state index in [1.54, 1.807) is 0 Å². The standard InChI is InChI=1S/C17H25N3S/c1-13(2)9-10-19-12-15-7-5-6-8-16(15)20(11-14(19)3)17(21)18-4/h5-9,14H,10-12H2,1-4H3,(H,18,21). The van der Waals surface area contributed by atoms with Crippen molar-refractivity contribution in [3.63, 3.8) is 0 Å². The average Bonchev–Trinajstić information content (AvgIpc) is 2.61. The molecule has 1 aromatic carbocycles. The number of allylic oxidation sites excluding steroid dienone is 1. The van der Waals surface area contributed by atoms with E-state index in [-0.39, 0.29) is 0 Å². The molecule has 0 amide bonds. The lowest BCUT2D eigenvalue weighted by Gasteiger charge is -2.29. The zero-order chi connectivity index (χ0) is 15.4. The van der Waals surface area contributed by atoms with E-state index in [9.17, 15) is 0 Å². The molecule has 0 aliphatic carbocycles. The highest BCUT2D eigenvalue weighted by atomic mass is 32.1. The van der Waals surface area contributed by atoms with Gasteiger partial charge in [0.25, 0.3) is 0 Å². The Hall–Kier alpha value is -1.39. The summed E-state index contributed by atoms with van der Waals surface area (Å²) in [6.07, 6.45) is 2.30. The second kappa shape index (κ2) is 7.05. The molecule has 1 N–H and O–H groups in total. The Kier molecular flexibility index (Phi) is 5.37. The molecule has 0 aromatic heterocycles. The second-order valence-corrected chi connectivity index (χ2v) is 6.24. The second-order valence-electron chi connectivity index (χ2n) is 5.85. The summed E-state index contributed by atoms with van der Waals surface area (Å²) < 4.78 is 0. The zero-order valence-corrected chi connectivity index (χ0v) is 14.2. The summed E-state index contributed by atoms with van der Waals surface area (Å²) in [5.74, 6) is 0. The van der Waals surface area contributed by atoms with Gasteiger partial charge in [-0.15, -0.1) is 0 Å². The van der Waals surface area contributed by atoms with Crippen LogP contribution in [0.15, 0.2) is 35.9 Å². The summed E-state index contributed by atoms with van der Waals surface area (Å²) in [4.78, 5) is 4.72. The van der Waals surface area contributed by atoms with E-state index in [1.807, 2.05) is 7.05 Å². The van der Waals surface area contributed by atoms with E-state index in [2.05, 4.69) is 66.2 Å². The molecule has 4 heteroatoms. The number of hydrogen-bond acceptors (Lipinski definition) is 2. The number of thiocarbonyl (C=S) groups is 1. The molecule has 2 rings (SSSR count). The maximum atomic E-state index is 5.49. The van der Waals surface area contributed by atoms with Crippen LogP contribution in [0.2, 0.25) is 0 Å². The van der Waals surface area contributed by atoms with Crippen LogP contribution < -0.4 is 10.2 Å². The van der Waals surface area contributed by atoms with Gasteiger partial charge >= 0.3 is 0 Å². The number of hydrogen-bond donors (Lipinski definition) is 1. The fraction of sp³-hybridized carbons (Fsp3) is 0.471. The van der Waals surface area contributed by atoms with Gasteiger partial charge < -0.3 is 10.2 Å². The van der Waals surface area contributed by atoms with Gasteiger partial charge in [-0.25, -0.2) is 0 Å². The Balaban J connectivity index is 2.32. The molecule has 0 saturated heterocycles. The fourth-order valence-corrected chi connectivity index (χ4v) is 2.81. The summed E-state index contributed by atoms with van der Waals surface area (Å²) in [5, 5.41) is 3.91. The zero-order valence-electron chi connectivity index (χ0n) is 13.4. The fourth-order valence-electron chi connectivity index (χ4n) is 2.63. The van der Waals surface area contributed by atoms with Crippen LogP contribution in [0.1, 0.15) is 26.3 Å². The van der Waals surface area contributed by atoms with Crippen LogP contribution in [0.4, 0.5) is 5.69 Å². The minimum Gasteiger partial charge on any atom is -0.365 e. The molecule has 114 valence electrons. The molecule has 0 saturated carbocycles. The Morgan fingerprint density at radius 3 is 2.76 bits per heavy atom. The van der Waals surface area contributed by atoms with E-state index in [4.69, 9.17) is 12.2 Å². The molecule has 1 atom stereocenters. The Morgan fingerprint density at radius 2 is 2.10 bits per heavy atom. The van der Waals surface area contributed by atoms with Crippen molar-refractivity contribution >= 4 is 23.0 Å². The largest absolute Gasteiger partial charge is 0.365 e. The molecular weight excluding hydrogens is 278 g/mol. The summed E-state index contributed by atoms with van der Waals surface area (Å²) >= 11 is 5.49. The molecule has 0 bridgehead atoms. The van der Waals surface area contributed by atoms with Gasteiger partial charge in [0.15, 0.2) is 5.11 Å². The lowest BCUT2D eigenvalue weighted by molar-refractivity contribution is 0.233. The Morgan fingerprint density at radius 1 is 1.38 bits per heavy atom. The topological polar surface area (TPSA) is 18.5 Å². The Bertz CT molecular complexity index is 535. The molecule has 0 radical (unpaired) electrons. The van der Waals surface area contributed by atoms with Crippen molar-refractivity contribution in [1.82, 2.24) is 10.2 Å². The van der Waals surface area contributed by atoms with Crippen LogP contribution in [0.25, 0.3) is 0 Å². The van der Waals surface area contributed by atoms with Crippen molar-refractivity contribution in [3.8, 4) is 0 Å². The summed E-state index contributed by atoms with van der Waals surface area (Å²) in [6.45, 7) is 9.43. The number of anilines is 1. The Labute approximate surface area is 133 Å². The molecule has 1 aliphatic heterocycles. The molecule has 0 spiro atoms. The van der Waals surface area contributed by atoms with E-state index in [0.717, 1.165) is 24.7 Å². The predicted octanol–water partition coefficient (Wildman–Crippen LogP) is 3.17. The molecule has 1 aromatic rings. The first-order chi connectivity index (χ1) is 10.0. The molecule has 21 heavy (non-hydrogen) atoms. The minimum atomic E-state index is 0.444. The van der Waals surface area contributed by atoms with Gasteiger partial charge in [0.05, 0.1) is 0 Å². The summed E-state index contributed by atoms with van der Waals surface area (Å²) in [6, 6.07) is 9.00. The highest BCUT2D eigenvalue weighted by Gasteiger charge is 2.25. The van der Waals surface area contributed by atoms with Crippen LogP contribution in [0, 0.1) is 0 Å². The number of nitrogens with zero attached hydrogens (tertiary/aromatic N) is 2. The third kappa shape index (κ3) is 3.83. The predicted molar refractivity (Wildman–Crippen MR) is 94.7 cm³/mol. The van der Waals surface area contributed by atoms with Gasteiger partial charge in [-0.3, -0.25) is 4.90 Å². The number of rotatable bonds is 2. The molecular formula is C17H25N3S. The van der Waals surface area contributed by atoms with Crippen molar-refractivity contribution in [2.75, 3.05) is 25.0 Å². The smallest absolute Gasteiger partial charge is 0.173 e. The van der Waals surface area contributed by atoms with Gasteiger partial charge in [-0.2, -0.15) is 0 Å². The van der Waals surface area contributed by atoms with Crippen molar-refractivity contribution < 1.29 is 0 Å². The molecule has 1 heterocycles. The third-order valence-electron chi connectivity index (χ3n) is 3.92. The van der Waals surface area contributed by atoms with Crippen LogP contribution in [0.5, 0.6) is 0 Å². The van der Waals surface area contributed by atoms with Crippen LogP contribution in [-0.2, 0) is 6.54 Å². The van der Waals surface area contributed by atoms with Crippen molar-refractivity contribution in [2.45, 2.75) is 33.4 Å². The first-order valence-electron chi connectivity index (χ1n) is 7.47. The lowest BCUT2D eigenvalue weighted by atomic mass is 10.1. The van der Waals surface area contributed by atoms with Gasteiger partial charge in [0.1, 0.15) is 0 Å². The van der Waals surface area contributed by atoms with Gasteiger partial charge in [-0.1, -0.05) is 29.8 Å².